The molecule has 0 N–H and O–H groups in total. The normalized spacial score (nSPS) is 10.5. The quantitative estimate of drug-likeness (QED) is 0.449. The molecule has 0 aliphatic carbocycles. The third kappa shape index (κ3) is 4.26. The molecule has 6 nitrogen and oxygen atoms in total. The summed E-state index contributed by atoms with van der Waals surface area (Å²) in [4.78, 5) is 29.4. The van der Waals surface area contributed by atoms with Crippen molar-refractivity contribution in [3.05, 3.63) is 76.3 Å². The standard InChI is InChI=1S/C21H20N2O4S/c1-14-4-7-16(8-5-14)23-11-10-22-20(21(23)25)28-13-17(24)15-6-9-18(26-2)19(12-15)27-3/h4-12H,13H2,1-3H3. The van der Waals surface area contributed by atoms with Crippen molar-refractivity contribution in [2.75, 3.05) is 20.0 Å². The number of methoxy groups -OCH3 is 2. The van der Waals surface area contributed by atoms with Gasteiger partial charge in [-0.2, -0.15) is 0 Å². The van der Waals surface area contributed by atoms with E-state index in [4.69, 9.17) is 9.47 Å². The lowest BCUT2D eigenvalue weighted by Gasteiger charge is -2.09. The maximum atomic E-state index is 12.7. The van der Waals surface area contributed by atoms with Gasteiger partial charge in [-0.1, -0.05) is 29.5 Å². The fourth-order valence-corrected chi connectivity index (χ4v) is 3.42. The number of thioether (sulfide) groups is 1. The molecular weight excluding hydrogens is 376 g/mol. The number of ether oxygens (including phenoxy) is 2. The van der Waals surface area contributed by atoms with E-state index in [9.17, 15) is 9.59 Å². The number of hydrogen-bond donors (Lipinski definition) is 0. The number of benzene rings is 2. The molecular formula is C21H20N2O4S. The van der Waals surface area contributed by atoms with Gasteiger partial charge in [0, 0.05) is 23.6 Å². The zero-order valence-electron chi connectivity index (χ0n) is 15.8. The average molecular weight is 396 g/mol. The van der Waals surface area contributed by atoms with E-state index >= 15 is 0 Å². The van der Waals surface area contributed by atoms with Gasteiger partial charge in [0.05, 0.1) is 20.0 Å². The first-order valence-electron chi connectivity index (χ1n) is 8.56. The topological polar surface area (TPSA) is 70.4 Å². The monoisotopic (exact) mass is 396 g/mol. The molecule has 0 saturated heterocycles. The molecule has 0 radical (unpaired) electrons. The zero-order valence-corrected chi connectivity index (χ0v) is 16.7. The Bertz CT molecular complexity index is 1050. The maximum absolute atomic E-state index is 12.7. The first-order chi connectivity index (χ1) is 13.5. The van der Waals surface area contributed by atoms with Crippen molar-refractivity contribution in [2.24, 2.45) is 0 Å². The van der Waals surface area contributed by atoms with E-state index in [-0.39, 0.29) is 22.1 Å². The number of rotatable bonds is 7. The molecule has 3 rings (SSSR count). The van der Waals surface area contributed by atoms with Crippen LogP contribution in [0.15, 0.2) is 64.7 Å². The Hall–Kier alpha value is -3.06. The lowest BCUT2D eigenvalue weighted by Crippen LogP contribution is -2.21. The van der Waals surface area contributed by atoms with Crippen molar-refractivity contribution in [1.82, 2.24) is 9.55 Å². The fourth-order valence-electron chi connectivity index (χ4n) is 2.63. The lowest BCUT2D eigenvalue weighted by atomic mass is 10.1. The molecule has 0 amide bonds. The van der Waals surface area contributed by atoms with Gasteiger partial charge in [0.15, 0.2) is 22.3 Å². The van der Waals surface area contributed by atoms with E-state index in [1.165, 1.54) is 18.8 Å². The molecule has 0 unspecified atom stereocenters. The number of carbonyl (C=O) groups is 1. The lowest BCUT2D eigenvalue weighted by molar-refractivity contribution is 0.102. The fraction of sp³-hybridized carbons (Fsp3) is 0.190. The molecule has 0 saturated carbocycles. The second-order valence-corrected chi connectivity index (χ2v) is 6.99. The SMILES string of the molecule is COc1ccc(C(=O)CSc2nccn(-c3ccc(C)cc3)c2=O)cc1OC. The summed E-state index contributed by atoms with van der Waals surface area (Å²) in [7, 11) is 3.05. The van der Waals surface area contributed by atoms with Crippen LogP contribution in [-0.4, -0.2) is 35.3 Å². The molecule has 0 fully saturated rings. The molecule has 1 heterocycles. The van der Waals surface area contributed by atoms with Crippen molar-refractivity contribution < 1.29 is 14.3 Å². The van der Waals surface area contributed by atoms with Crippen LogP contribution in [0.3, 0.4) is 0 Å². The number of aryl methyl sites for hydroxylation is 1. The van der Waals surface area contributed by atoms with Crippen molar-refractivity contribution in [3.63, 3.8) is 0 Å². The molecule has 3 aromatic rings. The molecule has 0 bridgehead atoms. The first kappa shape index (κ1) is 19.7. The minimum absolute atomic E-state index is 0.0929. The number of hydrogen-bond acceptors (Lipinski definition) is 6. The van der Waals surface area contributed by atoms with Crippen LogP contribution in [0.1, 0.15) is 15.9 Å². The highest BCUT2D eigenvalue weighted by atomic mass is 32.2. The number of aromatic nitrogens is 2. The minimum atomic E-state index is -0.253. The summed E-state index contributed by atoms with van der Waals surface area (Å²) in [5.41, 5.74) is 2.10. The Kier molecular flexibility index (Phi) is 6.16. The Balaban J connectivity index is 1.78. The number of carbonyl (C=O) groups excluding carboxylic acids is 1. The number of nitrogens with zero attached hydrogens (tertiary/aromatic N) is 2. The summed E-state index contributed by atoms with van der Waals surface area (Å²) >= 11 is 1.12. The predicted octanol–water partition coefficient (Wildman–Crippen LogP) is 3.53. The van der Waals surface area contributed by atoms with Crippen LogP contribution in [0.5, 0.6) is 11.5 Å². The van der Waals surface area contributed by atoms with Crippen LogP contribution in [0.25, 0.3) is 5.69 Å². The van der Waals surface area contributed by atoms with Crippen molar-refractivity contribution in [1.29, 1.82) is 0 Å². The molecule has 28 heavy (non-hydrogen) atoms. The van der Waals surface area contributed by atoms with Crippen LogP contribution in [0.4, 0.5) is 0 Å². The Morgan fingerprint density at radius 1 is 1.07 bits per heavy atom. The molecule has 0 spiro atoms. The van der Waals surface area contributed by atoms with Crippen molar-refractivity contribution in [2.45, 2.75) is 11.9 Å². The predicted molar refractivity (Wildman–Crippen MR) is 109 cm³/mol. The second-order valence-electron chi connectivity index (χ2n) is 6.02. The third-order valence-electron chi connectivity index (χ3n) is 4.17. The van der Waals surface area contributed by atoms with Gasteiger partial charge in [0.1, 0.15) is 0 Å². The van der Waals surface area contributed by atoms with E-state index in [1.54, 1.807) is 30.6 Å². The summed E-state index contributed by atoms with van der Waals surface area (Å²) in [6.45, 7) is 1.99. The number of Topliss-reactive ketones (excluding diaryl/α,β-unsaturated/α-hetero) is 1. The molecule has 1 aromatic heterocycles. The van der Waals surface area contributed by atoms with E-state index in [2.05, 4.69) is 4.98 Å². The molecule has 0 aliphatic heterocycles. The highest BCUT2D eigenvalue weighted by Gasteiger charge is 2.14. The minimum Gasteiger partial charge on any atom is -0.493 e. The summed E-state index contributed by atoms with van der Waals surface area (Å²) < 4.78 is 11.9. The van der Waals surface area contributed by atoms with Gasteiger partial charge in [0.2, 0.25) is 0 Å². The Labute approximate surface area is 167 Å². The van der Waals surface area contributed by atoms with Gasteiger partial charge < -0.3 is 9.47 Å². The molecule has 0 atom stereocenters. The van der Waals surface area contributed by atoms with Gasteiger partial charge >= 0.3 is 0 Å². The van der Waals surface area contributed by atoms with Gasteiger partial charge in [-0.15, -0.1) is 0 Å². The van der Waals surface area contributed by atoms with E-state index in [0.717, 1.165) is 23.0 Å². The Morgan fingerprint density at radius 2 is 1.79 bits per heavy atom. The average Bonchev–Trinajstić information content (AvgIpc) is 2.73. The maximum Gasteiger partial charge on any atom is 0.287 e. The van der Waals surface area contributed by atoms with E-state index in [0.29, 0.717) is 17.1 Å². The van der Waals surface area contributed by atoms with Gasteiger partial charge in [-0.3, -0.25) is 14.2 Å². The molecule has 144 valence electrons. The van der Waals surface area contributed by atoms with Gasteiger partial charge in [-0.25, -0.2) is 4.98 Å². The van der Waals surface area contributed by atoms with Crippen molar-refractivity contribution in [3.8, 4) is 17.2 Å². The van der Waals surface area contributed by atoms with Crippen LogP contribution >= 0.6 is 11.8 Å². The van der Waals surface area contributed by atoms with E-state index < -0.39 is 0 Å². The zero-order chi connectivity index (χ0) is 20.1. The van der Waals surface area contributed by atoms with Gasteiger partial charge in [0.25, 0.3) is 5.56 Å². The molecule has 0 aliphatic rings. The summed E-state index contributed by atoms with van der Waals surface area (Å²) in [6, 6.07) is 12.6. The van der Waals surface area contributed by atoms with Gasteiger partial charge in [-0.05, 0) is 37.3 Å². The van der Waals surface area contributed by atoms with Crippen LogP contribution in [0, 0.1) is 6.92 Å². The Morgan fingerprint density at radius 3 is 2.46 bits per heavy atom. The summed E-state index contributed by atoms with van der Waals surface area (Å²) in [5, 5.41) is 0.275. The number of ketones is 1. The summed E-state index contributed by atoms with van der Waals surface area (Å²) in [6.07, 6.45) is 3.18. The van der Waals surface area contributed by atoms with Crippen LogP contribution in [-0.2, 0) is 0 Å². The van der Waals surface area contributed by atoms with Crippen LogP contribution < -0.4 is 15.0 Å². The largest absolute Gasteiger partial charge is 0.493 e. The first-order valence-corrected chi connectivity index (χ1v) is 9.54. The highest BCUT2D eigenvalue weighted by Crippen LogP contribution is 2.28. The van der Waals surface area contributed by atoms with E-state index in [1.807, 2.05) is 31.2 Å². The highest BCUT2D eigenvalue weighted by molar-refractivity contribution is 7.99. The third-order valence-corrected chi connectivity index (χ3v) is 5.13. The second kappa shape index (κ2) is 8.75. The van der Waals surface area contributed by atoms with Crippen molar-refractivity contribution >= 4 is 17.5 Å². The molecule has 7 heteroatoms. The summed E-state index contributed by atoms with van der Waals surface area (Å²) in [5.74, 6) is 1.00. The smallest absolute Gasteiger partial charge is 0.287 e. The van der Waals surface area contributed by atoms with Crippen LogP contribution in [0.2, 0.25) is 0 Å². The molecule has 2 aromatic carbocycles.